The van der Waals surface area contributed by atoms with Gasteiger partial charge in [0.15, 0.2) is 5.78 Å². The van der Waals surface area contributed by atoms with Crippen molar-refractivity contribution in [2.75, 3.05) is 12.4 Å². The van der Waals surface area contributed by atoms with Gasteiger partial charge in [0.2, 0.25) is 5.91 Å². The third-order valence-electron chi connectivity index (χ3n) is 5.67. The molecule has 0 heterocycles. The number of nitrogens with one attached hydrogen (secondary N) is 2. The summed E-state index contributed by atoms with van der Waals surface area (Å²) in [6.45, 7) is 9.11. The SMILES string of the molecule is COc1ccc(NC(=O)/C=C/[C@H](CCc2ccccc2)CC(=O)[C@@H](NC(=O)OC(C)(C)C)C(C)C)cc1. The molecule has 2 atom stereocenters. The number of Topliss-reactive ketones (excluding diaryl/α,β-unsaturated/α-hetero) is 1. The fourth-order valence-electron chi connectivity index (χ4n) is 3.78. The van der Waals surface area contributed by atoms with E-state index in [0.29, 0.717) is 17.9 Å². The van der Waals surface area contributed by atoms with E-state index in [4.69, 9.17) is 9.47 Å². The second-order valence-electron chi connectivity index (χ2n) is 10.4. The molecule has 0 fully saturated rings. The van der Waals surface area contributed by atoms with Gasteiger partial charge in [-0.15, -0.1) is 0 Å². The van der Waals surface area contributed by atoms with Crippen molar-refractivity contribution >= 4 is 23.5 Å². The third kappa shape index (κ3) is 11.3. The van der Waals surface area contributed by atoms with Crippen LogP contribution in [-0.4, -0.2) is 36.5 Å². The number of hydrogen-bond acceptors (Lipinski definition) is 5. The number of rotatable bonds is 12. The lowest BCUT2D eigenvalue weighted by atomic mass is 9.89. The highest BCUT2D eigenvalue weighted by Gasteiger charge is 2.28. The summed E-state index contributed by atoms with van der Waals surface area (Å²) in [6.07, 6.45) is 4.27. The Hall–Kier alpha value is -3.61. The lowest BCUT2D eigenvalue weighted by molar-refractivity contribution is -0.122. The third-order valence-corrected chi connectivity index (χ3v) is 5.67. The van der Waals surface area contributed by atoms with Crippen LogP contribution in [0.15, 0.2) is 66.7 Å². The zero-order valence-corrected chi connectivity index (χ0v) is 22.7. The molecule has 2 aromatic rings. The number of ketones is 1. The Balaban J connectivity index is 2.11. The van der Waals surface area contributed by atoms with E-state index in [0.717, 1.165) is 12.0 Å². The van der Waals surface area contributed by atoms with Gasteiger partial charge in [0.25, 0.3) is 0 Å². The Morgan fingerprint density at radius 1 is 0.973 bits per heavy atom. The highest BCUT2D eigenvalue weighted by Crippen LogP contribution is 2.20. The fourth-order valence-corrected chi connectivity index (χ4v) is 3.78. The average molecular weight is 509 g/mol. The number of amides is 2. The highest BCUT2D eigenvalue weighted by molar-refractivity contribution is 5.99. The fraction of sp³-hybridized carbons (Fsp3) is 0.433. The van der Waals surface area contributed by atoms with Crippen LogP contribution in [0.5, 0.6) is 5.75 Å². The number of ether oxygens (including phenoxy) is 2. The van der Waals surface area contributed by atoms with Crippen molar-refractivity contribution in [2.24, 2.45) is 11.8 Å². The molecule has 0 aromatic heterocycles. The Bertz CT molecular complexity index is 1040. The summed E-state index contributed by atoms with van der Waals surface area (Å²) in [4.78, 5) is 38.2. The zero-order chi connectivity index (χ0) is 27.4. The van der Waals surface area contributed by atoms with Crippen LogP contribution in [0.1, 0.15) is 53.0 Å². The highest BCUT2D eigenvalue weighted by atomic mass is 16.6. The van der Waals surface area contributed by atoms with E-state index in [1.807, 2.05) is 44.2 Å². The molecule has 0 saturated carbocycles. The lowest BCUT2D eigenvalue weighted by Crippen LogP contribution is -2.46. The maximum absolute atomic E-state index is 13.3. The van der Waals surface area contributed by atoms with Crippen LogP contribution in [0, 0.1) is 11.8 Å². The summed E-state index contributed by atoms with van der Waals surface area (Å²) in [5.74, 6) is 0.0228. The van der Waals surface area contributed by atoms with Crippen molar-refractivity contribution in [3.63, 3.8) is 0 Å². The minimum Gasteiger partial charge on any atom is -0.497 e. The Morgan fingerprint density at radius 2 is 1.62 bits per heavy atom. The predicted octanol–water partition coefficient (Wildman–Crippen LogP) is 5.95. The molecule has 0 radical (unpaired) electrons. The molecule has 0 aliphatic carbocycles. The van der Waals surface area contributed by atoms with E-state index < -0.39 is 17.7 Å². The number of aryl methyl sites for hydroxylation is 1. The molecule has 2 N–H and O–H groups in total. The average Bonchev–Trinajstić information content (AvgIpc) is 2.84. The second kappa shape index (κ2) is 14.2. The number of benzene rings is 2. The van der Waals surface area contributed by atoms with E-state index >= 15 is 0 Å². The van der Waals surface area contributed by atoms with E-state index in [1.54, 1.807) is 58.2 Å². The first kappa shape index (κ1) is 29.6. The number of hydrogen-bond donors (Lipinski definition) is 2. The molecule has 7 nitrogen and oxygen atoms in total. The van der Waals surface area contributed by atoms with Gasteiger partial charge in [-0.05, 0) is 81.4 Å². The summed E-state index contributed by atoms with van der Waals surface area (Å²) in [6, 6.07) is 16.4. The van der Waals surface area contributed by atoms with Crippen LogP contribution in [-0.2, 0) is 20.7 Å². The molecule has 0 unspecified atom stereocenters. The normalized spacial score (nSPS) is 13.2. The van der Waals surface area contributed by atoms with Gasteiger partial charge in [-0.3, -0.25) is 9.59 Å². The molecule has 0 saturated heterocycles. The second-order valence-corrected chi connectivity index (χ2v) is 10.4. The van der Waals surface area contributed by atoms with E-state index in [2.05, 4.69) is 10.6 Å². The Kier molecular flexibility index (Phi) is 11.4. The monoisotopic (exact) mass is 508 g/mol. The van der Waals surface area contributed by atoms with E-state index in [-0.39, 0.29) is 29.9 Å². The van der Waals surface area contributed by atoms with Crippen molar-refractivity contribution in [3.05, 3.63) is 72.3 Å². The minimum atomic E-state index is -0.685. The maximum atomic E-state index is 13.3. The van der Waals surface area contributed by atoms with Gasteiger partial charge in [-0.2, -0.15) is 0 Å². The Labute approximate surface area is 220 Å². The van der Waals surface area contributed by atoms with Crippen molar-refractivity contribution in [2.45, 2.75) is 65.5 Å². The van der Waals surface area contributed by atoms with Crippen LogP contribution in [0.4, 0.5) is 10.5 Å². The number of anilines is 1. The van der Waals surface area contributed by atoms with Crippen LogP contribution in [0.3, 0.4) is 0 Å². The molecule has 0 aliphatic rings. The lowest BCUT2D eigenvalue weighted by Gasteiger charge is -2.26. The number of carbonyl (C=O) groups excluding carboxylic acids is 3. The summed E-state index contributed by atoms with van der Waals surface area (Å²) in [7, 11) is 1.58. The number of allylic oxidation sites excluding steroid dienone is 1. The summed E-state index contributed by atoms with van der Waals surface area (Å²) >= 11 is 0. The molecule has 2 rings (SSSR count). The van der Waals surface area contributed by atoms with Crippen molar-refractivity contribution in [3.8, 4) is 5.75 Å². The summed E-state index contributed by atoms with van der Waals surface area (Å²) in [5, 5.41) is 5.56. The van der Waals surface area contributed by atoms with Gasteiger partial charge in [0.1, 0.15) is 11.4 Å². The predicted molar refractivity (Wildman–Crippen MR) is 147 cm³/mol. The quantitative estimate of drug-likeness (QED) is 0.346. The molecular formula is C30H40N2O5. The van der Waals surface area contributed by atoms with Crippen molar-refractivity contribution in [1.29, 1.82) is 0 Å². The number of alkyl carbamates (subject to hydrolysis) is 1. The number of methoxy groups -OCH3 is 1. The van der Waals surface area contributed by atoms with Gasteiger partial charge in [-0.25, -0.2) is 4.79 Å². The molecular weight excluding hydrogens is 468 g/mol. The first-order valence-electron chi connectivity index (χ1n) is 12.7. The maximum Gasteiger partial charge on any atom is 0.408 e. The van der Waals surface area contributed by atoms with Gasteiger partial charge in [0, 0.05) is 12.1 Å². The van der Waals surface area contributed by atoms with Gasteiger partial charge in [0.05, 0.1) is 13.2 Å². The standard InChI is InChI=1S/C30H40N2O5/c1-21(2)28(32-29(35)37-30(3,4)5)26(33)20-23(13-12-22-10-8-7-9-11-22)14-19-27(34)31-24-15-17-25(36-6)18-16-24/h7-11,14-19,21,23,28H,12-13,20H2,1-6H3,(H,31,34)(H,32,35)/b19-14+/t23-,28-/m0/s1. The molecule has 0 bridgehead atoms. The van der Waals surface area contributed by atoms with Gasteiger partial charge in [-0.1, -0.05) is 50.3 Å². The van der Waals surface area contributed by atoms with Crippen molar-refractivity contribution in [1.82, 2.24) is 5.32 Å². The summed E-state index contributed by atoms with van der Waals surface area (Å²) in [5.41, 5.74) is 1.14. The van der Waals surface area contributed by atoms with Crippen LogP contribution >= 0.6 is 0 Å². The molecule has 200 valence electrons. The largest absolute Gasteiger partial charge is 0.497 e. The molecule has 0 aliphatic heterocycles. The molecule has 7 heteroatoms. The van der Waals surface area contributed by atoms with Crippen molar-refractivity contribution < 1.29 is 23.9 Å². The molecule has 0 spiro atoms. The van der Waals surface area contributed by atoms with Gasteiger partial charge >= 0.3 is 6.09 Å². The first-order valence-corrected chi connectivity index (χ1v) is 12.7. The first-order chi connectivity index (χ1) is 17.5. The number of carbonyl (C=O) groups is 3. The molecule has 37 heavy (non-hydrogen) atoms. The van der Waals surface area contributed by atoms with Crippen LogP contribution in [0.25, 0.3) is 0 Å². The molecule has 2 amide bonds. The zero-order valence-electron chi connectivity index (χ0n) is 22.7. The van der Waals surface area contributed by atoms with E-state index in [1.165, 1.54) is 6.08 Å². The van der Waals surface area contributed by atoms with E-state index in [9.17, 15) is 14.4 Å². The minimum absolute atomic E-state index is 0.0980. The summed E-state index contributed by atoms with van der Waals surface area (Å²) < 4.78 is 10.5. The smallest absolute Gasteiger partial charge is 0.408 e. The molecule has 2 aromatic carbocycles. The Morgan fingerprint density at radius 3 is 2.19 bits per heavy atom. The van der Waals surface area contributed by atoms with Crippen LogP contribution in [0.2, 0.25) is 0 Å². The van der Waals surface area contributed by atoms with Crippen LogP contribution < -0.4 is 15.4 Å². The van der Waals surface area contributed by atoms with Gasteiger partial charge < -0.3 is 20.1 Å². The topological polar surface area (TPSA) is 93.7 Å².